The Morgan fingerprint density at radius 3 is 2.65 bits per heavy atom. The number of aromatic nitrogens is 2. The molecule has 130 valence electrons. The Hall–Kier alpha value is -1.24. The number of aliphatic hydroxyl groups excluding tert-OH is 1. The molecule has 1 saturated heterocycles. The Labute approximate surface area is 138 Å². The second kappa shape index (κ2) is 8.04. The molecule has 0 amide bonds. The van der Waals surface area contributed by atoms with E-state index < -0.39 is 6.10 Å². The van der Waals surface area contributed by atoms with Gasteiger partial charge in [0.2, 0.25) is 0 Å². The molecule has 0 aromatic carbocycles. The molecule has 1 aliphatic heterocycles. The zero-order valence-electron chi connectivity index (χ0n) is 14.6. The molecule has 0 spiro atoms. The van der Waals surface area contributed by atoms with Crippen LogP contribution >= 0.6 is 0 Å². The summed E-state index contributed by atoms with van der Waals surface area (Å²) in [6, 6.07) is 1.88. The van der Waals surface area contributed by atoms with E-state index in [2.05, 4.69) is 36.1 Å². The fraction of sp³-hybridized carbons (Fsp3) is 0.765. The third kappa shape index (κ3) is 5.41. The fourth-order valence-corrected chi connectivity index (χ4v) is 2.62. The lowest BCUT2D eigenvalue weighted by atomic mass is 9.94. The Morgan fingerprint density at radius 1 is 1.35 bits per heavy atom. The van der Waals surface area contributed by atoms with Crippen LogP contribution in [-0.2, 0) is 21.5 Å². The molecule has 1 aromatic rings. The number of rotatable bonds is 6. The largest absolute Gasteiger partial charge is 0.391 e. The van der Waals surface area contributed by atoms with Crippen LogP contribution in [0.15, 0.2) is 6.07 Å². The van der Waals surface area contributed by atoms with Crippen LogP contribution in [0.25, 0.3) is 0 Å². The van der Waals surface area contributed by atoms with Crippen LogP contribution in [0.3, 0.4) is 0 Å². The average molecular weight is 323 g/mol. The molecule has 23 heavy (non-hydrogen) atoms. The summed E-state index contributed by atoms with van der Waals surface area (Å²) < 4.78 is 10.5. The molecule has 0 radical (unpaired) electrons. The van der Waals surface area contributed by atoms with Gasteiger partial charge < -0.3 is 19.9 Å². The SMILES string of the molecule is COCc1cc(NCC(O)C2CCOCC2)nc(C(C)(C)C)n1. The van der Waals surface area contributed by atoms with Gasteiger partial charge in [-0.1, -0.05) is 20.8 Å². The molecule has 1 unspecified atom stereocenters. The van der Waals surface area contributed by atoms with Crippen molar-refractivity contribution < 1.29 is 14.6 Å². The summed E-state index contributed by atoms with van der Waals surface area (Å²) in [5, 5.41) is 13.6. The summed E-state index contributed by atoms with van der Waals surface area (Å²) in [5.74, 6) is 1.80. The lowest BCUT2D eigenvalue weighted by molar-refractivity contribution is 0.0131. The van der Waals surface area contributed by atoms with Crippen molar-refractivity contribution in [1.82, 2.24) is 9.97 Å². The maximum Gasteiger partial charge on any atom is 0.136 e. The molecule has 0 saturated carbocycles. The molecular formula is C17H29N3O3. The third-order valence-corrected chi connectivity index (χ3v) is 4.04. The van der Waals surface area contributed by atoms with Crippen molar-refractivity contribution in [3.8, 4) is 0 Å². The van der Waals surface area contributed by atoms with Crippen LogP contribution in [0.4, 0.5) is 5.82 Å². The van der Waals surface area contributed by atoms with Crippen molar-refractivity contribution in [2.45, 2.75) is 51.7 Å². The fourth-order valence-electron chi connectivity index (χ4n) is 2.62. The van der Waals surface area contributed by atoms with Crippen LogP contribution in [0.2, 0.25) is 0 Å². The molecule has 2 heterocycles. The van der Waals surface area contributed by atoms with E-state index in [1.165, 1.54) is 0 Å². The van der Waals surface area contributed by atoms with E-state index in [1.54, 1.807) is 7.11 Å². The van der Waals surface area contributed by atoms with Gasteiger partial charge in [0.1, 0.15) is 11.6 Å². The highest BCUT2D eigenvalue weighted by Gasteiger charge is 2.23. The van der Waals surface area contributed by atoms with E-state index in [-0.39, 0.29) is 5.41 Å². The van der Waals surface area contributed by atoms with E-state index in [1.807, 2.05) is 6.07 Å². The quantitative estimate of drug-likeness (QED) is 0.835. The van der Waals surface area contributed by atoms with E-state index >= 15 is 0 Å². The molecule has 1 aromatic heterocycles. The standard InChI is InChI=1S/C17H29N3O3/c1-17(2,3)16-19-13(11-22-4)9-15(20-16)18-10-14(21)12-5-7-23-8-6-12/h9,12,14,21H,5-8,10-11H2,1-4H3,(H,18,19,20). The molecule has 2 rings (SSSR count). The molecule has 1 aliphatic rings. The van der Waals surface area contributed by atoms with Crippen LogP contribution in [0.5, 0.6) is 0 Å². The van der Waals surface area contributed by atoms with Gasteiger partial charge in [0.05, 0.1) is 18.4 Å². The number of aliphatic hydroxyl groups is 1. The van der Waals surface area contributed by atoms with Gasteiger partial charge in [-0.15, -0.1) is 0 Å². The summed E-state index contributed by atoms with van der Waals surface area (Å²) in [6.07, 6.45) is 1.43. The van der Waals surface area contributed by atoms with Gasteiger partial charge >= 0.3 is 0 Å². The Bertz CT molecular complexity index is 496. The second-order valence-electron chi connectivity index (χ2n) is 7.15. The Morgan fingerprint density at radius 2 is 2.04 bits per heavy atom. The highest BCUT2D eigenvalue weighted by molar-refractivity contribution is 5.37. The molecule has 1 atom stereocenters. The van der Waals surface area contributed by atoms with E-state index in [9.17, 15) is 5.11 Å². The van der Waals surface area contributed by atoms with E-state index in [4.69, 9.17) is 9.47 Å². The highest BCUT2D eigenvalue weighted by atomic mass is 16.5. The first-order chi connectivity index (χ1) is 10.9. The zero-order valence-corrected chi connectivity index (χ0v) is 14.6. The first-order valence-electron chi connectivity index (χ1n) is 8.27. The topological polar surface area (TPSA) is 76.5 Å². The molecule has 6 heteroatoms. The predicted molar refractivity (Wildman–Crippen MR) is 89.5 cm³/mol. The number of nitrogens with one attached hydrogen (secondary N) is 1. The Kier molecular flexibility index (Phi) is 6.33. The van der Waals surface area contributed by atoms with Crippen molar-refractivity contribution in [2.75, 3.05) is 32.2 Å². The highest BCUT2D eigenvalue weighted by Crippen LogP contribution is 2.22. The van der Waals surface area contributed by atoms with Crippen LogP contribution < -0.4 is 5.32 Å². The minimum Gasteiger partial charge on any atom is -0.391 e. The summed E-state index contributed by atoms with van der Waals surface area (Å²) in [4.78, 5) is 9.15. The van der Waals surface area contributed by atoms with Gasteiger partial charge in [-0.05, 0) is 18.8 Å². The zero-order chi connectivity index (χ0) is 16.9. The molecule has 1 fully saturated rings. The molecule has 2 N–H and O–H groups in total. The van der Waals surface area contributed by atoms with Gasteiger partial charge in [-0.2, -0.15) is 0 Å². The second-order valence-corrected chi connectivity index (χ2v) is 7.15. The monoisotopic (exact) mass is 323 g/mol. The smallest absolute Gasteiger partial charge is 0.136 e. The number of hydrogen-bond acceptors (Lipinski definition) is 6. The normalized spacial score (nSPS) is 18.0. The summed E-state index contributed by atoms with van der Waals surface area (Å²) in [6.45, 7) is 8.65. The van der Waals surface area contributed by atoms with Crippen molar-refractivity contribution >= 4 is 5.82 Å². The number of nitrogens with zero attached hydrogens (tertiary/aromatic N) is 2. The van der Waals surface area contributed by atoms with Gasteiger partial charge in [0, 0.05) is 38.3 Å². The number of hydrogen-bond donors (Lipinski definition) is 2. The molecule has 0 bridgehead atoms. The van der Waals surface area contributed by atoms with E-state index in [0.29, 0.717) is 19.1 Å². The number of ether oxygens (including phenoxy) is 2. The molecule has 0 aliphatic carbocycles. The minimum atomic E-state index is -0.391. The Balaban J connectivity index is 2.04. The summed E-state index contributed by atoms with van der Waals surface area (Å²) in [7, 11) is 1.65. The summed E-state index contributed by atoms with van der Waals surface area (Å²) >= 11 is 0. The third-order valence-electron chi connectivity index (χ3n) is 4.04. The van der Waals surface area contributed by atoms with Gasteiger partial charge in [-0.3, -0.25) is 0 Å². The van der Waals surface area contributed by atoms with Crippen molar-refractivity contribution in [1.29, 1.82) is 0 Å². The number of anilines is 1. The van der Waals surface area contributed by atoms with Gasteiger partial charge in [0.25, 0.3) is 0 Å². The van der Waals surface area contributed by atoms with E-state index in [0.717, 1.165) is 43.4 Å². The average Bonchev–Trinajstić information content (AvgIpc) is 2.53. The van der Waals surface area contributed by atoms with Crippen molar-refractivity contribution in [3.63, 3.8) is 0 Å². The van der Waals surface area contributed by atoms with Crippen LogP contribution in [0, 0.1) is 5.92 Å². The minimum absolute atomic E-state index is 0.139. The lowest BCUT2D eigenvalue weighted by Gasteiger charge is -2.27. The molecule has 6 nitrogen and oxygen atoms in total. The maximum absolute atomic E-state index is 10.4. The van der Waals surface area contributed by atoms with Gasteiger partial charge in [0.15, 0.2) is 0 Å². The van der Waals surface area contributed by atoms with Crippen molar-refractivity contribution in [3.05, 3.63) is 17.6 Å². The first kappa shape index (κ1) is 18.1. The van der Waals surface area contributed by atoms with Crippen LogP contribution in [-0.4, -0.2) is 48.0 Å². The van der Waals surface area contributed by atoms with Gasteiger partial charge in [-0.25, -0.2) is 9.97 Å². The lowest BCUT2D eigenvalue weighted by Crippen LogP contribution is -2.33. The van der Waals surface area contributed by atoms with Crippen LogP contribution in [0.1, 0.15) is 45.1 Å². The maximum atomic E-state index is 10.4. The summed E-state index contributed by atoms with van der Waals surface area (Å²) in [5.41, 5.74) is 0.704. The predicted octanol–water partition coefficient (Wildman–Crippen LogP) is 2.12. The van der Waals surface area contributed by atoms with Crippen molar-refractivity contribution in [2.24, 2.45) is 5.92 Å². The molecular weight excluding hydrogens is 294 g/mol. The first-order valence-corrected chi connectivity index (χ1v) is 8.27. The number of methoxy groups -OCH3 is 1.